The summed E-state index contributed by atoms with van der Waals surface area (Å²) >= 11 is 0. The third-order valence-electron chi connectivity index (χ3n) is 7.64. The minimum absolute atomic E-state index is 0.0492. The van der Waals surface area contributed by atoms with Crippen LogP contribution in [0.25, 0.3) is 0 Å². The number of aromatic nitrogens is 3. The molecule has 5 rings (SSSR count). The van der Waals surface area contributed by atoms with Gasteiger partial charge in [0.15, 0.2) is 0 Å². The molecule has 2 aromatic carbocycles. The largest absolute Gasteiger partial charge is 0.481 e. The fourth-order valence-electron chi connectivity index (χ4n) is 5.53. The highest BCUT2D eigenvalue weighted by molar-refractivity contribution is 7.89. The SMILES string of the molecule is C[C@H]1CC[C@H](c2ccccc2)S(=O)(=O)N1Cc1ccc(N2CC[C@@H](n3cnnc3)[C@H](C(=O)O)C2)cc1F. The molecule has 11 heteroatoms. The van der Waals surface area contributed by atoms with Crippen LogP contribution in [0.5, 0.6) is 0 Å². The average molecular weight is 528 g/mol. The van der Waals surface area contributed by atoms with E-state index in [9.17, 15) is 18.3 Å². The second-order valence-electron chi connectivity index (χ2n) is 9.85. The third kappa shape index (κ3) is 4.97. The van der Waals surface area contributed by atoms with Gasteiger partial charge in [-0.15, -0.1) is 10.2 Å². The highest BCUT2D eigenvalue weighted by atomic mass is 32.2. The van der Waals surface area contributed by atoms with E-state index in [-0.39, 0.29) is 25.2 Å². The number of hydrogen-bond acceptors (Lipinski definition) is 6. The fourth-order valence-corrected chi connectivity index (χ4v) is 7.72. The number of carbonyl (C=O) groups is 1. The molecular formula is C26H30FN5O4S. The van der Waals surface area contributed by atoms with E-state index in [1.165, 1.54) is 23.0 Å². The highest BCUT2D eigenvalue weighted by Gasteiger charge is 2.41. The normalized spacial score (nSPS) is 26.2. The molecule has 2 aliphatic heterocycles. The number of hydrogen-bond donors (Lipinski definition) is 1. The molecule has 4 atom stereocenters. The molecule has 1 N–H and O–H groups in total. The van der Waals surface area contributed by atoms with Crippen LogP contribution in [0.2, 0.25) is 0 Å². The number of piperidine rings is 1. The number of carboxylic acid groups (broad SMARTS) is 1. The highest BCUT2D eigenvalue weighted by Crippen LogP contribution is 2.38. The molecular weight excluding hydrogens is 497 g/mol. The molecule has 3 aromatic rings. The maximum atomic E-state index is 15.3. The standard InChI is InChI=1S/C26H30FN5O4S/c1-18-7-10-25(19-5-3-2-4-6-19)37(35,36)32(18)14-20-8-9-21(13-23(20)27)30-12-11-24(22(15-30)26(33)34)31-16-28-29-17-31/h2-6,8-9,13,16-18,22,24-25H,7,10-12,14-15H2,1H3,(H,33,34)/t18-,22+,24+,25+/m0/s1. The van der Waals surface area contributed by atoms with E-state index >= 15 is 4.39 Å². The Kier molecular flexibility index (Phi) is 7.00. The second kappa shape index (κ2) is 10.2. The van der Waals surface area contributed by atoms with Crippen molar-refractivity contribution < 1.29 is 22.7 Å². The predicted molar refractivity (Wildman–Crippen MR) is 136 cm³/mol. The summed E-state index contributed by atoms with van der Waals surface area (Å²) in [5.41, 5.74) is 1.62. The van der Waals surface area contributed by atoms with Crippen LogP contribution in [-0.2, 0) is 21.4 Å². The van der Waals surface area contributed by atoms with Crippen molar-refractivity contribution in [1.82, 2.24) is 19.1 Å². The lowest BCUT2D eigenvalue weighted by atomic mass is 9.91. The first kappa shape index (κ1) is 25.3. The van der Waals surface area contributed by atoms with Crippen LogP contribution >= 0.6 is 0 Å². The summed E-state index contributed by atoms with van der Waals surface area (Å²) in [6, 6.07) is 13.4. The number of carboxylic acids is 1. The van der Waals surface area contributed by atoms with Crippen molar-refractivity contribution in [2.75, 3.05) is 18.0 Å². The first-order chi connectivity index (χ1) is 17.8. The zero-order chi connectivity index (χ0) is 26.2. The number of benzene rings is 2. The average Bonchev–Trinajstić information content (AvgIpc) is 3.42. The number of nitrogens with zero attached hydrogens (tertiary/aromatic N) is 5. The van der Waals surface area contributed by atoms with Crippen molar-refractivity contribution >= 4 is 21.7 Å². The third-order valence-corrected chi connectivity index (χ3v) is 10.0. The summed E-state index contributed by atoms with van der Waals surface area (Å²) < 4.78 is 45.5. The molecule has 0 bridgehead atoms. The van der Waals surface area contributed by atoms with Gasteiger partial charge in [0.2, 0.25) is 10.0 Å². The van der Waals surface area contributed by atoms with Crippen molar-refractivity contribution in [1.29, 1.82) is 0 Å². The number of rotatable bonds is 6. The van der Waals surface area contributed by atoms with Crippen molar-refractivity contribution in [2.45, 2.75) is 50.1 Å². The Balaban J connectivity index is 1.34. The first-order valence-corrected chi connectivity index (χ1v) is 13.9. The molecule has 9 nitrogen and oxygen atoms in total. The molecule has 2 fully saturated rings. The minimum atomic E-state index is -3.68. The second-order valence-corrected chi connectivity index (χ2v) is 11.9. The fraction of sp³-hybridized carbons (Fsp3) is 0.423. The van der Waals surface area contributed by atoms with Crippen LogP contribution in [0.15, 0.2) is 61.2 Å². The maximum absolute atomic E-state index is 15.3. The van der Waals surface area contributed by atoms with E-state index in [1.807, 2.05) is 42.2 Å². The van der Waals surface area contributed by atoms with Gasteiger partial charge in [-0.05, 0) is 43.9 Å². The Bertz CT molecular complexity index is 1350. The summed E-state index contributed by atoms with van der Waals surface area (Å²) in [7, 11) is -3.68. The van der Waals surface area contributed by atoms with E-state index in [1.54, 1.807) is 16.7 Å². The topological polar surface area (TPSA) is 109 Å². The lowest BCUT2D eigenvalue weighted by Gasteiger charge is -2.38. The van der Waals surface area contributed by atoms with Crippen molar-refractivity contribution in [2.24, 2.45) is 5.92 Å². The van der Waals surface area contributed by atoms with Crippen LogP contribution in [0, 0.1) is 11.7 Å². The van der Waals surface area contributed by atoms with E-state index in [2.05, 4.69) is 10.2 Å². The van der Waals surface area contributed by atoms with Gasteiger partial charge >= 0.3 is 5.97 Å². The van der Waals surface area contributed by atoms with Crippen molar-refractivity contribution in [3.8, 4) is 0 Å². The molecule has 37 heavy (non-hydrogen) atoms. The molecule has 2 saturated heterocycles. The van der Waals surface area contributed by atoms with Gasteiger partial charge in [0.25, 0.3) is 0 Å². The summed E-state index contributed by atoms with van der Waals surface area (Å²) in [5, 5.41) is 16.7. The van der Waals surface area contributed by atoms with E-state index in [0.717, 1.165) is 5.56 Å². The predicted octanol–water partition coefficient (Wildman–Crippen LogP) is 3.62. The Labute approximate surface area is 215 Å². The number of sulfonamides is 1. The Hall–Kier alpha value is -3.31. The van der Waals surface area contributed by atoms with Crippen LogP contribution in [0.4, 0.5) is 10.1 Å². The van der Waals surface area contributed by atoms with Gasteiger partial charge in [-0.3, -0.25) is 4.79 Å². The van der Waals surface area contributed by atoms with Gasteiger partial charge in [-0.2, -0.15) is 4.31 Å². The molecule has 0 radical (unpaired) electrons. The van der Waals surface area contributed by atoms with Crippen molar-refractivity contribution in [3.63, 3.8) is 0 Å². The van der Waals surface area contributed by atoms with Gasteiger partial charge in [-0.1, -0.05) is 36.4 Å². The summed E-state index contributed by atoms with van der Waals surface area (Å²) in [6.07, 6.45) is 4.80. The minimum Gasteiger partial charge on any atom is -0.481 e. The van der Waals surface area contributed by atoms with E-state index < -0.39 is 33.0 Å². The molecule has 0 aliphatic carbocycles. The van der Waals surface area contributed by atoms with Crippen LogP contribution in [-0.4, -0.2) is 57.7 Å². The first-order valence-electron chi connectivity index (χ1n) is 12.4. The molecule has 0 spiro atoms. The summed E-state index contributed by atoms with van der Waals surface area (Å²) in [6.45, 7) is 2.57. The molecule has 1 aromatic heterocycles. The molecule has 3 heterocycles. The summed E-state index contributed by atoms with van der Waals surface area (Å²) in [5.74, 6) is -2.14. The lowest BCUT2D eigenvalue weighted by Crippen LogP contribution is -2.45. The Morgan fingerprint density at radius 1 is 1.08 bits per heavy atom. The molecule has 2 aliphatic rings. The zero-order valence-electron chi connectivity index (χ0n) is 20.5. The van der Waals surface area contributed by atoms with Gasteiger partial charge in [0, 0.05) is 36.9 Å². The summed E-state index contributed by atoms with van der Waals surface area (Å²) in [4.78, 5) is 13.8. The lowest BCUT2D eigenvalue weighted by molar-refractivity contribution is -0.143. The van der Waals surface area contributed by atoms with Gasteiger partial charge in [0.1, 0.15) is 23.7 Å². The molecule has 0 unspecified atom stereocenters. The van der Waals surface area contributed by atoms with Crippen LogP contribution < -0.4 is 4.90 Å². The molecule has 0 saturated carbocycles. The Morgan fingerprint density at radius 3 is 2.49 bits per heavy atom. The van der Waals surface area contributed by atoms with Gasteiger partial charge in [-0.25, -0.2) is 12.8 Å². The molecule has 196 valence electrons. The monoisotopic (exact) mass is 527 g/mol. The quantitative estimate of drug-likeness (QED) is 0.522. The number of halogens is 1. The van der Waals surface area contributed by atoms with Gasteiger partial charge in [0.05, 0.1) is 12.0 Å². The van der Waals surface area contributed by atoms with E-state index in [4.69, 9.17) is 0 Å². The Morgan fingerprint density at radius 2 is 1.81 bits per heavy atom. The van der Waals surface area contributed by atoms with Crippen molar-refractivity contribution in [3.05, 3.63) is 78.1 Å². The number of aliphatic carboxylic acids is 1. The van der Waals surface area contributed by atoms with Gasteiger partial charge < -0.3 is 14.6 Å². The van der Waals surface area contributed by atoms with E-state index in [0.29, 0.717) is 37.1 Å². The number of anilines is 1. The smallest absolute Gasteiger partial charge is 0.310 e. The van der Waals surface area contributed by atoms with Crippen LogP contribution in [0.1, 0.15) is 48.6 Å². The van der Waals surface area contributed by atoms with Crippen LogP contribution in [0.3, 0.4) is 0 Å². The zero-order valence-corrected chi connectivity index (χ0v) is 21.3. The molecule has 0 amide bonds. The maximum Gasteiger partial charge on any atom is 0.310 e.